The fraction of sp³-hybridized carbons (Fsp3) is 0.200. The number of nitrogens with zero attached hydrogens (tertiary/aromatic N) is 2. The van der Waals surface area contributed by atoms with Crippen LogP contribution in [0.2, 0.25) is 0 Å². The normalized spacial score (nSPS) is 12.5. The van der Waals surface area contributed by atoms with Gasteiger partial charge in [0.25, 0.3) is 0 Å². The molecule has 1 unspecified atom stereocenters. The Hall–Kier alpha value is -1.94. The molecule has 3 aromatic rings. The summed E-state index contributed by atoms with van der Waals surface area (Å²) in [5.41, 5.74) is 3.48. The minimum atomic E-state index is 0.204. The highest BCUT2D eigenvalue weighted by Gasteiger charge is 2.09. The van der Waals surface area contributed by atoms with Crippen molar-refractivity contribution in [2.24, 2.45) is 0 Å². The quantitative estimate of drug-likeness (QED) is 0.775. The average Bonchev–Trinajstić information content (AvgIpc) is 2.81. The van der Waals surface area contributed by atoms with E-state index < -0.39 is 0 Å². The van der Waals surface area contributed by atoms with Crippen molar-refractivity contribution in [3.63, 3.8) is 0 Å². The molecule has 0 saturated carbocycles. The molecule has 0 saturated heterocycles. The third-order valence-corrected chi connectivity index (χ3v) is 4.02. The smallest absolute Gasteiger partial charge is 0.184 e. The summed E-state index contributed by atoms with van der Waals surface area (Å²) in [7, 11) is 0. The van der Waals surface area contributed by atoms with Gasteiger partial charge in [0.1, 0.15) is 0 Å². The zero-order valence-corrected chi connectivity index (χ0v) is 11.7. The van der Waals surface area contributed by atoms with Crippen LogP contribution < -0.4 is 5.32 Å². The summed E-state index contributed by atoms with van der Waals surface area (Å²) in [5.74, 6) is 0. The summed E-state index contributed by atoms with van der Waals surface area (Å²) in [5, 5.41) is 4.39. The Labute approximate surface area is 116 Å². The molecule has 2 heterocycles. The zero-order valence-electron chi connectivity index (χ0n) is 10.9. The second kappa shape index (κ2) is 4.97. The lowest BCUT2D eigenvalue weighted by Crippen LogP contribution is -2.06. The third kappa shape index (κ3) is 2.58. The monoisotopic (exact) mass is 269 g/mol. The number of aromatic nitrogens is 2. The minimum absolute atomic E-state index is 0.204. The molecule has 19 heavy (non-hydrogen) atoms. The van der Waals surface area contributed by atoms with E-state index in [1.807, 2.05) is 12.3 Å². The number of aryl methyl sites for hydroxylation is 1. The standard InChI is InChI=1S/C15H15N3S/c1-10-5-6-13-14(8-10)19-15(18-13)17-11(2)12-4-3-7-16-9-12/h3-9,11H,1-2H3,(H,17,18). The highest BCUT2D eigenvalue weighted by atomic mass is 32.1. The second-order valence-electron chi connectivity index (χ2n) is 4.64. The Morgan fingerprint density at radius 1 is 1.26 bits per heavy atom. The summed E-state index contributed by atoms with van der Waals surface area (Å²) in [6.45, 7) is 4.22. The molecule has 1 aromatic carbocycles. The first kappa shape index (κ1) is 12.1. The van der Waals surface area contributed by atoms with Crippen LogP contribution in [0.25, 0.3) is 10.2 Å². The Morgan fingerprint density at radius 3 is 2.95 bits per heavy atom. The van der Waals surface area contributed by atoms with Gasteiger partial charge in [-0.15, -0.1) is 0 Å². The second-order valence-corrected chi connectivity index (χ2v) is 5.67. The van der Waals surface area contributed by atoms with Gasteiger partial charge in [-0.2, -0.15) is 0 Å². The number of pyridine rings is 1. The molecule has 0 bridgehead atoms. The van der Waals surface area contributed by atoms with Crippen LogP contribution in [0.5, 0.6) is 0 Å². The average molecular weight is 269 g/mol. The maximum Gasteiger partial charge on any atom is 0.184 e. The van der Waals surface area contributed by atoms with Crippen molar-refractivity contribution in [3.05, 3.63) is 53.9 Å². The Kier molecular flexibility index (Phi) is 3.17. The molecule has 0 spiro atoms. The summed E-state index contributed by atoms with van der Waals surface area (Å²) in [6.07, 6.45) is 3.67. The molecule has 1 atom stereocenters. The number of nitrogens with one attached hydrogen (secondary N) is 1. The van der Waals surface area contributed by atoms with Crippen molar-refractivity contribution in [2.45, 2.75) is 19.9 Å². The van der Waals surface area contributed by atoms with E-state index in [2.05, 4.69) is 53.4 Å². The maximum absolute atomic E-state index is 4.61. The van der Waals surface area contributed by atoms with Gasteiger partial charge in [-0.3, -0.25) is 4.98 Å². The fourth-order valence-corrected chi connectivity index (χ4v) is 3.05. The number of benzene rings is 1. The first-order chi connectivity index (χ1) is 9.22. The Bertz CT molecular complexity index is 691. The zero-order chi connectivity index (χ0) is 13.2. The maximum atomic E-state index is 4.61. The molecule has 3 rings (SSSR count). The van der Waals surface area contributed by atoms with E-state index in [0.717, 1.165) is 16.2 Å². The van der Waals surface area contributed by atoms with Crippen LogP contribution in [0.3, 0.4) is 0 Å². The van der Waals surface area contributed by atoms with Gasteiger partial charge in [-0.1, -0.05) is 23.5 Å². The molecule has 0 aliphatic rings. The summed E-state index contributed by atoms with van der Waals surface area (Å²) >= 11 is 1.69. The molecule has 96 valence electrons. The molecule has 4 heteroatoms. The van der Waals surface area contributed by atoms with Crippen molar-refractivity contribution in [1.82, 2.24) is 9.97 Å². The van der Waals surface area contributed by atoms with Crippen LogP contribution in [-0.2, 0) is 0 Å². The molecular weight excluding hydrogens is 254 g/mol. The highest BCUT2D eigenvalue weighted by Crippen LogP contribution is 2.29. The van der Waals surface area contributed by atoms with Crippen molar-refractivity contribution in [1.29, 1.82) is 0 Å². The Balaban J connectivity index is 1.85. The van der Waals surface area contributed by atoms with Gasteiger partial charge < -0.3 is 5.32 Å². The number of hydrogen-bond donors (Lipinski definition) is 1. The molecule has 1 N–H and O–H groups in total. The van der Waals surface area contributed by atoms with Gasteiger partial charge in [0.2, 0.25) is 0 Å². The van der Waals surface area contributed by atoms with Crippen molar-refractivity contribution in [2.75, 3.05) is 5.32 Å². The van der Waals surface area contributed by atoms with Crippen molar-refractivity contribution >= 4 is 26.7 Å². The van der Waals surface area contributed by atoms with Crippen LogP contribution in [0, 0.1) is 6.92 Å². The number of fused-ring (bicyclic) bond motifs is 1. The van der Waals surface area contributed by atoms with Gasteiger partial charge in [0, 0.05) is 12.4 Å². The summed E-state index contributed by atoms with van der Waals surface area (Å²) < 4.78 is 1.22. The summed E-state index contributed by atoms with van der Waals surface area (Å²) in [6, 6.07) is 10.6. The predicted molar refractivity (Wildman–Crippen MR) is 80.6 cm³/mol. The third-order valence-electron chi connectivity index (χ3n) is 3.07. The van der Waals surface area contributed by atoms with E-state index in [-0.39, 0.29) is 6.04 Å². The number of hydrogen-bond acceptors (Lipinski definition) is 4. The minimum Gasteiger partial charge on any atom is -0.355 e. The molecular formula is C15H15N3S. The lowest BCUT2D eigenvalue weighted by atomic mass is 10.1. The van der Waals surface area contributed by atoms with E-state index in [4.69, 9.17) is 0 Å². The lowest BCUT2D eigenvalue weighted by Gasteiger charge is -2.12. The van der Waals surface area contributed by atoms with E-state index in [1.54, 1.807) is 17.5 Å². The fourth-order valence-electron chi connectivity index (χ4n) is 1.99. The number of thiazole rings is 1. The molecule has 0 aliphatic carbocycles. The Morgan fingerprint density at radius 2 is 2.16 bits per heavy atom. The molecule has 0 fully saturated rings. The predicted octanol–water partition coefficient (Wildman–Crippen LogP) is 4.17. The lowest BCUT2D eigenvalue weighted by molar-refractivity contribution is 0.874. The van der Waals surface area contributed by atoms with Gasteiger partial charge in [-0.05, 0) is 43.2 Å². The SMILES string of the molecule is Cc1ccc2nc(NC(C)c3cccnc3)sc2c1. The first-order valence-electron chi connectivity index (χ1n) is 6.26. The number of rotatable bonds is 3. The van der Waals surface area contributed by atoms with Crippen LogP contribution in [0.1, 0.15) is 24.1 Å². The van der Waals surface area contributed by atoms with E-state index in [9.17, 15) is 0 Å². The molecule has 2 aromatic heterocycles. The van der Waals surface area contributed by atoms with Gasteiger partial charge in [0.15, 0.2) is 5.13 Å². The van der Waals surface area contributed by atoms with Gasteiger partial charge >= 0.3 is 0 Å². The highest BCUT2D eigenvalue weighted by molar-refractivity contribution is 7.22. The van der Waals surface area contributed by atoms with Crippen molar-refractivity contribution in [3.8, 4) is 0 Å². The van der Waals surface area contributed by atoms with Gasteiger partial charge in [-0.25, -0.2) is 4.98 Å². The molecule has 0 amide bonds. The molecule has 0 radical (unpaired) electrons. The van der Waals surface area contributed by atoms with Crippen molar-refractivity contribution < 1.29 is 0 Å². The van der Waals surface area contributed by atoms with Crippen LogP contribution >= 0.6 is 11.3 Å². The largest absolute Gasteiger partial charge is 0.355 e. The van der Waals surface area contributed by atoms with Gasteiger partial charge in [0.05, 0.1) is 16.3 Å². The number of anilines is 1. The topological polar surface area (TPSA) is 37.8 Å². The first-order valence-corrected chi connectivity index (χ1v) is 7.08. The van der Waals surface area contributed by atoms with E-state index in [0.29, 0.717) is 0 Å². The van der Waals surface area contributed by atoms with E-state index in [1.165, 1.54) is 10.3 Å². The summed E-state index contributed by atoms with van der Waals surface area (Å²) in [4.78, 5) is 8.75. The van der Waals surface area contributed by atoms with Crippen LogP contribution in [0.15, 0.2) is 42.7 Å². The van der Waals surface area contributed by atoms with Crippen LogP contribution in [0.4, 0.5) is 5.13 Å². The van der Waals surface area contributed by atoms with Crippen LogP contribution in [-0.4, -0.2) is 9.97 Å². The van der Waals surface area contributed by atoms with E-state index >= 15 is 0 Å². The molecule has 3 nitrogen and oxygen atoms in total. The molecule has 0 aliphatic heterocycles.